The van der Waals surface area contributed by atoms with Crippen molar-refractivity contribution in [2.75, 3.05) is 36.1 Å². The fraction of sp³-hybridized carbons (Fsp3) is 0.676. The number of hydrazine groups is 1. The monoisotopic (exact) mass is 716 g/mol. The molecule has 49 heavy (non-hydrogen) atoms. The van der Waals surface area contributed by atoms with Crippen LogP contribution in [0.25, 0.3) is 16.9 Å². The largest absolute Gasteiger partial charge is 0.389 e. The van der Waals surface area contributed by atoms with Gasteiger partial charge in [0.15, 0.2) is 22.5 Å². The third-order valence-corrected chi connectivity index (χ3v) is 12.4. The SMILES string of the molecule is C[C@@H]1OCC2(CCN(c3nc4cnn(-c5ccc6c(c5)N(CC(C)(C)O)NC6)c4nc3COS(=O)C(C)(C)C)CC2)[C@@H]1NS(=O)C(C)(C)C. The molecule has 5 heterocycles. The fourth-order valence-electron chi connectivity index (χ4n) is 6.69. The molecule has 6 rings (SSSR count). The van der Waals surface area contributed by atoms with E-state index in [9.17, 15) is 13.5 Å². The van der Waals surface area contributed by atoms with Crippen molar-refractivity contribution >= 4 is 44.7 Å². The number of ether oxygens (including phenoxy) is 1. The Kier molecular flexibility index (Phi) is 9.79. The van der Waals surface area contributed by atoms with Crippen LogP contribution in [0.15, 0.2) is 24.4 Å². The highest BCUT2D eigenvalue weighted by Gasteiger charge is 2.51. The summed E-state index contributed by atoms with van der Waals surface area (Å²) in [6, 6.07) is 6.08. The summed E-state index contributed by atoms with van der Waals surface area (Å²) in [7, 11) is -1.21. The van der Waals surface area contributed by atoms with Crippen LogP contribution in [0.5, 0.6) is 0 Å². The van der Waals surface area contributed by atoms with E-state index in [0.717, 1.165) is 29.8 Å². The fourth-order valence-corrected chi connectivity index (χ4v) is 8.29. The Morgan fingerprint density at radius 1 is 1.08 bits per heavy atom. The highest BCUT2D eigenvalue weighted by molar-refractivity contribution is 7.84. The minimum absolute atomic E-state index is 0.0251. The normalized spacial score (nSPS) is 22.7. The standard InChI is InChI=1S/C34H52N8O5S2/c1-22-28(39-48(44)31(2,3)4)34(21-46-22)12-14-40(15-13-34)29-26(19-47-49(45)32(5,6)7)38-30-25(37-29)18-36-42(30)24-11-10-23-17-35-41(27(23)16-24)20-33(8,9)43/h10-11,16,18,22,28,35,39,43H,12-15,17,19-21H2,1-9H3/t22-,28+,48?,49?/m0/s1. The first-order valence-corrected chi connectivity index (χ1v) is 19.3. The van der Waals surface area contributed by atoms with E-state index in [-0.39, 0.29) is 28.9 Å². The van der Waals surface area contributed by atoms with Gasteiger partial charge in [0, 0.05) is 25.0 Å². The van der Waals surface area contributed by atoms with Crippen LogP contribution in [0.3, 0.4) is 0 Å². The van der Waals surface area contributed by atoms with Crippen molar-refractivity contribution in [2.24, 2.45) is 5.41 Å². The molecule has 3 aromatic rings. The van der Waals surface area contributed by atoms with Gasteiger partial charge in [0.25, 0.3) is 0 Å². The highest BCUT2D eigenvalue weighted by atomic mass is 32.2. The molecule has 0 bridgehead atoms. The summed E-state index contributed by atoms with van der Waals surface area (Å²) in [4.78, 5) is 12.4. The second-order valence-electron chi connectivity index (χ2n) is 16.3. The molecule has 2 unspecified atom stereocenters. The van der Waals surface area contributed by atoms with Gasteiger partial charge >= 0.3 is 0 Å². The van der Waals surface area contributed by atoms with Crippen LogP contribution in [-0.2, 0) is 44.1 Å². The molecule has 1 spiro atoms. The summed E-state index contributed by atoms with van der Waals surface area (Å²) in [6.45, 7) is 20.4. The third-order valence-electron chi connectivity index (χ3n) is 9.47. The zero-order valence-corrected chi connectivity index (χ0v) is 31.8. The number of nitrogens with zero attached hydrogens (tertiary/aromatic N) is 6. The Balaban J connectivity index is 1.31. The lowest BCUT2D eigenvalue weighted by molar-refractivity contribution is 0.0853. The van der Waals surface area contributed by atoms with Crippen LogP contribution < -0.4 is 20.1 Å². The van der Waals surface area contributed by atoms with E-state index < -0.39 is 32.4 Å². The second kappa shape index (κ2) is 13.2. The number of hydrogen-bond acceptors (Lipinski definition) is 11. The van der Waals surface area contributed by atoms with Crippen molar-refractivity contribution in [3.05, 3.63) is 35.7 Å². The number of fused-ring (bicyclic) bond motifs is 2. The predicted octanol–water partition coefficient (Wildman–Crippen LogP) is 3.82. The average Bonchev–Trinajstić information content (AvgIpc) is 3.70. The molecule has 4 atom stereocenters. The van der Waals surface area contributed by atoms with Crippen LogP contribution in [0.1, 0.15) is 86.4 Å². The van der Waals surface area contributed by atoms with Crippen molar-refractivity contribution < 1.29 is 22.4 Å². The molecule has 0 saturated carbocycles. The zero-order chi connectivity index (χ0) is 35.5. The van der Waals surface area contributed by atoms with E-state index in [2.05, 4.69) is 28.0 Å². The van der Waals surface area contributed by atoms with Crippen LogP contribution in [0, 0.1) is 5.41 Å². The van der Waals surface area contributed by atoms with Gasteiger partial charge in [-0.3, -0.25) is 4.18 Å². The Labute approximate surface area is 294 Å². The summed E-state index contributed by atoms with van der Waals surface area (Å²) < 4.78 is 42.5. The average molecular weight is 717 g/mol. The molecule has 2 aromatic heterocycles. The lowest BCUT2D eigenvalue weighted by atomic mass is 9.73. The van der Waals surface area contributed by atoms with E-state index in [0.29, 0.717) is 55.5 Å². The summed E-state index contributed by atoms with van der Waals surface area (Å²) in [5.74, 6) is 0.692. The van der Waals surface area contributed by atoms with E-state index in [4.69, 9.17) is 24.0 Å². The van der Waals surface area contributed by atoms with Crippen molar-refractivity contribution in [2.45, 2.75) is 116 Å². The molecular weight excluding hydrogens is 665 g/mol. The van der Waals surface area contributed by atoms with Crippen LogP contribution in [-0.4, -0.2) is 86.8 Å². The Bertz CT molecular complexity index is 1740. The van der Waals surface area contributed by atoms with E-state index in [1.807, 2.05) is 58.7 Å². The maximum Gasteiger partial charge on any atom is 0.182 e. The zero-order valence-electron chi connectivity index (χ0n) is 30.2. The van der Waals surface area contributed by atoms with E-state index in [1.54, 1.807) is 24.7 Å². The van der Waals surface area contributed by atoms with Crippen molar-refractivity contribution in [1.29, 1.82) is 0 Å². The number of benzene rings is 1. The molecule has 1 aromatic carbocycles. The number of hydrogen-bond donors (Lipinski definition) is 3. The van der Waals surface area contributed by atoms with Gasteiger partial charge in [0.2, 0.25) is 0 Å². The van der Waals surface area contributed by atoms with Gasteiger partial charge in [-0.2, -0.15) is 5.10 Å². The van der Waals surface area contributed by atoms with E-state index >= 15 is 0 Å². The topological polar surface area (TPSA) is 147 Å². The maximum atomic E-state index is 13.1. The van der Waals surface area contributed by atoms with Crippen LogP contribution in [0.2, 0.25) is 0 Å². The van der Waals surface area contributed by atoms with Gasteiger partial charge in [0.05, 0.1) is 68.9 Å². The highest BCUT2D eigenvalue weighted by Crippen LogP contribution is 2.44. The first kappa shape index (κ1) is 36.3. The molecule has 3 N–H and O–H groups in total. The molecule has 3 aliphatic heterocycles. The third kappa shape index (κ3) is 7.58. The van der Waals surface area contributed by atoms with Gasteiger partial charge in [-0.25, -0.2) is 33.2 Å². The first-order chi connectivity index (χ1) is 22.8. The summed E-state index contributed by atoms with van der Waals surface area (Å²) in [5, 5.41) is 17.1. The summed E-state index contributed by atoms with van der Waals surface area (Å²) >= 11 is -1.55. The van der Waals surface area contributed by atoms with Crippen molar-refractivity contribution in [3.8, 4) is 5.69 Å². The van der Waals surface area contributed by atoms with Crippen molar-refractivity contribution in [1.82, 2.24) is 29.9 Å². The van der Waals surface area contributed by atoms with Crippen LogP contribution >= 0.6 is 0 Å². The number of β-amino-alcohol motifs (C(OH)–C–C–N with tert-alkyl or cyclic N) is 1. The molecule has 2 fully saturated rings. The van der Waals surface area contributed by atoms with Gasteiger partial charge in [0.1, 0.15) is 17.8 Å². The smallest absolute Gasteiger partial charge is 0.182 e. The molecule has 270 valence electrons. The van der Waals surface area contributed by atoms with E-state index in [1.165, 1.54) is 0 Å². The number of anilines is 2. The Morgan fingerprint density at radius 2 is 1.80 bits per heavy atom. The lowest BCUT2D eigenvalue weighted by Crippen LogP contribution is -2.55. The molecule has 15 heteroatoms. The van der Waals surface area contributed by atoms with Crippen LogP contribution in [0.4, 0.5) is 11.5 Å². The Morgan fingerprint density at radius 3 is 2.45 bits per heavy atom. The molecule has 0 amide bonds. The number of piperidine rings is 1. The molecule has 3 aliphatic rings. The van der Waals surface area contributed by atoms with Gasteiger partial charge in [-0.1, -0.05) is 6.07 Å². The molecule has 13 nitrogen and oxygen atoms in total. The predicted molar refractivity (Wildman–Crippen MR) is 194 cm³/mol. The number of nitrogens with one attached hydrogen (secondary N) is 2. The van der Waals surface area contributed by atoms with Crippen molar-refractivity contribution in [3.63, 3.8) is 0 Å². The van der Waals surface area contributed by atoms with Gasteiger partial charge in [-0.05, 0) is 92.9 Å². The van der Waals surface area contributed by atoms with Gasteiger partial charge < -0.3 is 19.8 Å². The lowest BCUT2D eigenvalue weighted by Gasteiger charge is -2.43. The quantitative estimate of drug-likeness (QED) is 0.297. The number of aliphatic hydroxyl groups is 1. The summed E-state index contributed by atoms with van der Waals surface area (Å²) in [6.07, 6.45) is 3.33. The minimum Gasteiger partial charge on any atom is -0.389 e. The second-order valence-corrected chi connectivity index (χ2v) is 20.2. The first-order valence-electron chi connectivity index (χ1n) is 17.1. The minimum atomic E-state index is -1.55. The molecule has 2 saturated heterocycles. The Hall–Kier alpha value is -2.53. The number of rotatable bonds is 9. The molecule has 0 radical (unpaired) electrons. The maximum absolute atomic E-state index is 13.1. The van der Waals surface area contributed by atoms with Gasteiger partial charge in [-0.15, -0.1) is 0 Å². The molecular formula is C34H52N8O5S2. The molecule has 0 aliphatic carbocycles. The number of aromatic nitrogens is 4. The summed E-state index contributed by atoms with van der Waals surface area (Å²) in [5.41, 5.74) is 7.05.